The predicted octanol–water partition coefficient (Wildman–Crippen LogP) is 0.0378. The first-order valence-corrected chi connectivity index (χ1v) is 4.45. The van der Waals surface area contributed by atoms with E-state index in [1.165, 1.54) is 6.92 Å². The summed E-state index contributed by atoms with van der Waals surface area (Å²) in [6, 6.07) is 0. The Hall–Kier alpha value is -1.14. The van der Waals surface area contributed by atoms with Crippen LogP contribution in [0.3, 0.4) is 0 Å². The number of aliphatic hydroxyl groups is 1. The van der Waals surface area contributed by atoms with Gasteiger partial charge in [0.25, 0.3) is 5.97 Å². The highest BCUT2D eigenvalue weighted by Crippen LogP contribution is 1.84. The molecule has 1 aliphatic heterocycles. The second-order valence-electron chi connectivity index (χ2n) is 2.78. The van der Waals surface area contributed by atoms with E-state index in [0.29, 0.717) is 0 Å². The summed E-state index contributed by atoms with van der Waals surface area (Å²) in [5, 5.41) is 15.9. The molecule has 6 nitrogen and oxygen atoms in total. The summed E-state index contributed by atoms with van der Waals surface area (Å²) in [4.78, 5) is 19.0. The Kier molecular flexibility index (Phi) is 11.9. The van der Waals surface area contributed by atoms with E-state index < -0.39 is 12.1 Å². The molecule has 0 amide bonds. The molecule has 1 rings (SSSR count). The fraction of sp³-hybridized carbons (Fsp3) is 0.778. The molecule has 1 heterocycles. The lowest BCUT2D eigenvalue weighted by Crippen LogP contribution is -2.12. The molecule has 90 valence electrons. The normalized spacial score (nSPS) is 13.3. The first-order valence-electron chi connectivity index (χ1n) is 4.45. The maximum absolute atomic E-state index is 10.0. The van der Waals surface area contributed by atoms with Gasteiger partial charge in [-0.2, -0.15) is 0 Å². The quantitative estimate of drug-likeness (QED) is 0.505. The number of carboxylic acid groups (broad SMARTS) is 1. The Morgan fingerprint density at radius 1 is 1.40 bits per heavy atom. The summed E-state index contributed by atoms with van der Waals surface area (Å²) in [7, 11) is 0. The summed E-state index contributed by atoms with van der Waals surface area (Å²) in [5.74, 6) is -1.19. The van der Waals surface area contributed by atoms with Gasteiger partial charge in [0.05, 0.1) is 19.3 Å². The number of rotatable bonds is 2. The van der Waals surface area contributed by atoms with E-state index in [1.54, 1.807) is 6.92 Å². The number of carbonyl (C=O) groups is 2. The topological polar surface area (TPSA) is 96.4 Å². The first kappa shape index (κ1) is 16.3. The maximum atomic E-state index is 10.0. The Balaban J connectivity index is 0. The van der Waals surface area contributed by atoms with Gasteiger partial charge >= 0.3 is 5.97 Å². The highest BCUT2D eigenvalue weighted by molar-refractivity contribution is 5.65. The third-order valence-electron chi connectivity index (χ3n) is 0.732. The maximum Gasteiger partial charge on any atom is 0.302 e. The Morgan fingerprint density at radius 3 is 1.80 bits per heavy atom. The number of carbonyl (C=O) groups excluding carboxylic acids is 1. The molecule has 1 aliphatic rings. The average molecular weight is 222 g/mol. The number of aliphatic hydroxyl groups excluding tert-OH is 1. The molecule has 0 aromatic carbocycles. The molecule has 2 N–H and O–H groups in total. The molecule has 1 atom stereocenters. The van der Waals surface area contributed by atoms with Crippen LogP contribution in [0.15, 0.2) is 0 Å². The van der Waals surface area contributed by atoms with Crippen LogP contribution in [0, 0.1) is 0 Å². The minimum Gasteiger partial charge on any atom is -0.481 e. The van der Waals surface area contributed by atoms with Gasteiger partial charge in [-0.05, 0) is 6.92 Å². The Bertz CT molecular complexity index is 169. The van der Waals surface area contributed by atoms with Gasteiger partial charge in [-0.3, -0.25) is 9.59 Å². The van der Waals surface area contributed by atoms with E-state index in [2.05, 4.69) is 9.47 Å². The fourth-order valence-electron chi connectivity index (χ4n) is 0.238. The van der Waals surface area contributed by atoms with Crippen molar-refractivity contribution in [3.8, 4) is 0 Å². The van der Waals surface area contributed by atoms with Crippen LogP contribution in [-0.4, -0.2) is 48.1 Å². The largest absolute Gasteiger partial charge is 0.481 e. The average Bonchev–Trinajstić information content (AvgIpc) is 2.84. The highest BCUT2D eigenvalue weighted by Gasteiger charge is 1.96. The van der Waals surface area contributed by atoms with E-state index in [1.807, 2.05) is 0 Å². The predicted molar refractivity (Wildman–Crippen MR) is 52.4 cm³/mol. The van der Waals surface area contributed by atoms with Gasteiger partial charge in [0, 0.05) is 13.8 Å². The van der Waals surface area contributed by atoms with Crippen molar-refractivity contribution < 1.29 is 29.3 Å². The van der Waals surface area contributed by atoms with Crippen molar-refractivity contribution in [1.82, 2.24) is 0 Å². The molecule has 1 unspecified atom stereocenters. The van der Waals surface area contributed by atoms with Crippen molar-refractivity contribution in [2.75, 3.05) is 19.8 Å². The second kappa shape index (κ2) is 10.9. The number of esters is 1. The molecule has 0 aromatic rings. The molecule has 0 radical (unpaired) electrons. The van der Waals surface area contributed by atoms with Crippen LogP contribution < -0.4 is 0 Å². The number of ether oxygens (including phenoxy) is 2. The van der Waals surface area contributed by atoms with Crippen LogP contribution in [0.5, 0.6) is 0 Å². The third-order valence-corrected chi connectivity index (χ3v) is 0.732. The van der Waals surface area contributed by atoms with E-state index >= 15 is 0 Å². The standard InChI is InChI=1S/C5H10O3.C2H4O2.C2H4O/c1-4(6)3-8-5(2)7;1-2(3)4;1-2-3-1/h4,6H,3H2,1-2H3;1H3,(H,3,4);1-2H2. The minimum atomic E-state index is -0.833. The molecule has 0 saturated carbocycles. The second-order valence-corrected chi connectivity index (χ2v) is 2.78. The molecule has 0 aromatic heterocycles. The zero-order chi connectivity index (χ0) is 12.3. The lowest BCUT2D eigenvalue weighted by molar-refractivity contribution is -0.143. The van der Waals surface area contributed by atoms with Crippen LogP contribution in [0.2, 0.25) is 0 Å². The van der Waals surface area contributed by atoms with Gasteiger partial charge < -0.3 is 19.7 Å². The van der Waals surface area contributed by atoms with Crippen LogP contribution in [0.25, 0.3) is 0 Å². The number of epoxide rings is 1. The monoisotopic (exact) mass is 222 g/mol. The lowest BCUT2D eigenvalue weighted by atomic mass is 10.4. The van der Waals surface area contributed by atoms with E-state index in [0.717, 1.165) is 20.1 Å². The molecule has 6 heteroatoms. The van der Waals surface area contributed by atoms with Gasteiger partial charge in [0.15, 0.2) is 0 Å². The van der Waals surface area contributed by atoms with Gasteiger partial charge in [-0.15, -0.1) is 0 Å². The van der Waals surface area contributed by atoms with Crippen molar-refractivity contribution in [3.63, 3.8) is 0 Å². The molecule has 1 fully saturated rings. The minimum absolute atomic E-state index is 0.0926. The van der Waals surface area contributed by atoms with E-state index in [-0.39, 0.29) is 12.6 Å². The van der Waals surface area contributed by atoms with Crippen molar-refractivity contribution in [3.05, 3.63) is 0 Å². The number of carboxylic acids is 1. The molecule has 0 spiro atoms. The molecule has 0 bridgehead atoms. The zero-order valence-electron chi connectivity index (χ0n) is 9.23. The van der Waals surface area contributed by atoms with Crippen LogP contribution in [0.1, 0.15) is 20.8 Å². The van der Waals surface area contributed by atoms with Gasteiger partial charge in [0.1, 0.15) is 6.61 Å². The van der Waals surface area contributed by atoms with Gasteiger partial charge in [-0.25, -0.2) is 0 Å². The van der Waals surface area contributed by atoms with Crippen molar-refractivity contribution in [2.45, 2.75) is 26.9 Å². The van der Waals surface area contributed by atoms with Gasteiger partial charge in [-0.1, -0.05) is 0 Å². The summed E-state index contributed by atoms with van der Waals surface area (Å²) < 4.78 is 8.91. The Morgan fingerprint density at radius 2 is 1.73 bits per heavy atom. The highest BCUT2D eigenvalue weighted by atomic mass is 16.6. The number of hydrogen-bond donors (Lipinski definition) is 2. The van der Waals surface area contributed by atoms with Gasteiger partial charge in [0.2, 0.25) is 0 Å². The van der Waals surface area contributed by atoms with E-state index in [4.69, 9.17) is 15.0 Å². The zero-order valence-corrected chi connectivity index (χ0v) is 9.23. The van der Waals surface area contributed by atoms with Crippen LogP contribution in [0.4, 0.5) is 0 Å². The van der Waals surface area contributed by atoms with Crippen molar-refractivity contribution in [1.29, 1.82) is 0 Å². The first-order chi connectivity index (χ1) is 6.86. The fourth-order valence-corrected chi connectivity index (χ4v) is 0.238. The third kappa shape index (κ3) is 64.2. The lowest BCUT2D eigenvalue weighted by Gasteiger charge is -2.01. The summed E-state index contributed by atoms with van der Waals surface area (Å²) in [5.41, 5.74) is 0. The summed E-state index contributed by atoms with van der Waals surface area (Å²) in [6.45, 7) is 6.04. The molecule has 1 saturated heterocycles. The van der Waals surface area contributed by atoms with Crippen molar-refractivity contribution in [2.24, 2.45) is 0 Å². The molecule has 15 heavy (non-hydrogen) atoms. The molecular weight excluding hydrogens is 204 g/mol. The van der Waals surface area contributed by atoms with Crippen LogP contribution >= 0.6 is 0 Å². The number of aliphatic carboxylic acids is 1. The Labute approximate surface area is 88.8 Å². The molecular formula is C9H18O6. The summed E-state index contributed by atoms with van der Waals surface area (Å²) >= 11 is 0. The van der Waals surface area contributed by atoms with Crippen LogP contribution in [-0.2, 0) is 19.1 Å². The smallest absolute Gasteiger partial charge is 0.302 e. The molecule has 0 aliphatic carbocycles. The number of hydrogen-bond acceptors (Lipinski definition) is 5. The van der Waals surface area contributed by atoms with E-state index in [9.17, 15) is 4.79 Å². The summed E-state index contributed by atoms with van der Waals surface area (Å²) in [6.07, 6.45) is -0.557. The SMILES string of the molecule is C1CO1.CC(=O)O.CC(=O)OCC(C)O. The van der Waals surface area contributed by atoms with Crippen molar-refractivity contribution >= 4 is 11.9 Å².